The van der Waals surface area contributed by atoms with Gasteiger partial charge in [-0.15, -0.1) is 0 Å². The van der Waals surface area contributed by atoms with E-state index in [1.165, 1.54) is 0 Å². The first-order valence-corrected chi connectivity index (χ1v) is 10.5. The fourth-order valence-electron chi connectivity index (χ4n) is 3.53. The van der Waals surface area contributed by atoms with Gasteiger partial charge >= 0.3 is 0 Å². The van der Waals surface area contributed by atoms with Gasteiger partial charge in [0.1, 0.15) is 12.4 Å². The fourth-order valence-corrected chi connectivity index (χ4v) is 3.73. The highest BCUT2D eigenvalue weighted by atomic mass is 35.5. The zero-order chi connectivity index (χ0) is 19.9. The molecule has 0 aliphatic carbocycles. The number of aliphatic imine (C=N–C) groups is 1. The Labute approximate surface area is 172 Å². The van der Waals surface area contributed by atoms with Gasteiger partial charge in [0.15, 0.2) is 0 Å². The maximum atomic E-state index is 11.7. The van der Waals surface area contributed by atoms with Gasteiger partial charge in [-0.05, 0) is 31.7 Å². The van der Waals surface area contributed by atoms with Gasteiger partial charge in [-0.25, -0.2) is 4.98 Å². The second kappa shape index (κ2) is 10.0. The zero-order valence-electron chi connectivity index (χ0n) is 16.7. The van der Waals surface area contributed by atoms with E-state index in [0.29, 0.717) is 17.5 Å². The Balaban J connectivity index is 1.57. The minimum atomic E-state index is -0.0373. The molecule has 1 aromatic heterocycles. The van der Waals surface area contributed by atoms with Crippen molar-refractivity contribution in [2.24, 2.45) is 10.9 Å². The van der Waals surface area contributed by atoms with Gasteiger partial charge in [0, 0.05) is 43.5 Å². The number of amides is 1. The van der Waals surface area contributed by atoms with Crippen LogP contribution in [0.25, 0.3) is 0 Å². The molecule has 0 aromatic carbocycles. The number of nitrogens with one attached hydrogen (secondary N) is 1. The Morgan fingerprint density at radius 3 is 2.89 bits per heavy atom. The lowest BCUT2D eigenvalue weighted by Gasteiger charge is -2.33. The number of nitrogens with zero attached hydrogens (tertiary/aromatic N) is 3. The maximum absolute atomic E-state index is 11.7. The van der Waals surface area contributed by atoms with Crippen LogP contribution in [0.1, 0.15) is 45.1 Å². The molecule has 1 atom stereocenters. The minimum Gasteiger partial charge on any atom is -0.368 e. The van der Waals surface area contributed by atoms with E-state index in [-0.39, 0.29) is 18.6 Å². The Morgan fingerprint density at radius 1 is 1.39 bits per heavy atom. The molecule has 0 bridgehead atoms. The van der Waals surface area contributed by atoms with Crippen molar-refractivity contribution < 1.29 is 9.53 Å². The van der Waals surface area contributed by atoms with Crippen LogP contribution >= 0.6 is 11.6 Å². The molecule has 2 aliphatic heterocycles. The topological polar surface area (TPSA) is 66.8 Å². The van der Waals surface area contributed by atoms with Crippen LogP contribution in [0.3, 0.4) is 0 Å². The number of carbonyl (C=O) groups excluding carboxylic acids is 1. The van der Waals surface area contributed by atoms with Crippen molar-refractivity contribution >= 4 is 29.0 Å². The monoisotopic (exact) mass is 404 g/mol. The molecular formula is C21H29ClN4O2. The summed E-state index contributed by atoms with van der Waals surface area (Å²) in [6.45, 7) is 6.72. The van der Waals surface area contributed by atoms with Crippen molar-refractivity contribution in [1.82, 2.24) is 10.3 Å². The van der Waals surface area contributed by atoms with E-state index in [2.05, 4.69) is 39.3 Å². The van der Waals surface area contributed by atoms with Gasteiger partial charge in [0.2, 0.25) is 5.91 Å². The second-order valence-electron chi connectivity index (χ2n) is 7.41. The molecule has 1 saturated heterocycles. The van der Waals surface area contributed by atoms with Gasteiger partial charge in [-0.1, -0.05) is 31.5 Å². The number of piperidine rings is 1. The molecular weight excluding hydrogens is 376 g/mol. The smallest absolute Gasteiger partial charge is 0.246 e. The number of halogens is 1. The van der Waals surface area contributed by atoms with Crippen molar-refractivity contribution in [2.75, 3.05) is 31.1 Å². The Hall–Kier alpha value is -1.92. The van der Waals surface area contributed by atoms with E-state index < -0.39 is 0 Å². The van der Waals surface area contributed by atoms with Crippen molar-refractivity contribution in [1.29, 1.82) is 0 Å². The van der Waals surface area contributed by atoms with Crippen LogP contribution in [0.2, 0.25) is 5.02 Å². The van der Waals surface area contributed by atoms with E-state index in [0.717, 1.165) is 55.9 Å². The van der Waals surface area contributed by atoms with Gasteiger partial charge in [0.25, 0.3) is 0 Å². The highest BCUT2D eigenvalue weighted by molar-refractivity contribution is 6.34. The molecule has 7 heteroatoms. The standard InChI is InChI=1S/C21H29ClN4O2/c1-3-8-23-20(27)14-28-16-6-10-26(11-7-16)19-12-17(18(22)13-25-19)21-15(2)5-4-9-24-21/h4,9,12-13,15-16H,3,5-8,10-11,14H2,1-2H3,(H,23,27). The average Bonchev–Trinajstić information content (AvgIpc) is 2.72. The molecule has 3 rings (SSSR count). The summed E-state index contributed by atoms with van der Waals surface area (Å²) in [6, 6.07) is 2.05. The summed E-state index contributed by atoms with van der Waals surface area (Å²) in [6.07, 6.45) is 9.43. The minimum absolute atomic E-state index is 0.0373. The summed E-state index contributed by atoms with van der Waals surface area (Å²) in [7, 11) is 0. The number of hydrogen-bond acceptors (Lipinski definition) is 5. The zero-order valence-corrected chi connectivity index (χ0v) is 17.4. The number of allylic oxidation sites excluding steroid dienone is 1. The predicted molar refractivity (Wildman–Crippen MR) is 113 cm³/mol. The molecule has 1 amide bonds. The van der Waals surface area contributed by atoms with E-state index >= 15 is 0 Å². The highest BCUT2D eigenvalue weighted by Gasteiger charge is 2.23. The molecule has 28 heavy (non-hydrogen) atoms. The molecule has 1 unspecified atom stereocenters. The van der Waals surface area contributed by atoms with E-state index in [4.69, 9.17) is 16.3 Å². The normalized spacial score (nSPS) is 20.2. The third-order valence-corrected chi connectivity index (χ3v) is 5.48. The van der Waals surface area contributed by atoms with Gasteiger partial charge in [-0.2, -0.15) is 0 Å². The van der Waals surface area contributed by atoms with Crippen LogP contribution < -0.4 is 10.2 Å². The summed E-state index contributed by atoms with van der Waals surface area (Å²) >= 11 is 6.42. The Morgan fingerprint density at radius 2 is 2.18 bits per heavy atom. The highest BCUT2D eigenvalue weighted by Crippen LogP contribution is 2.28. The van der Waals surface area contributed by atoms with Gasteiger partial charge in [0.05, 0.1) is 16.8 Å². The molecule has 0 spiro atoms. The van der Waals surface area contributed by atoms with Gasteiger partial charge in [-0.3, -0.25) is 9.79 Å². The molecule has 1 N–H and O–H groups in total. The third-order valence-electron chi connectivity index (χ3n) is 5.18. The molecule has 0 radical (unpaired) electrons. The quantitative estimate of drug-likeness (QED) is 0.754. The number of pyridine rings is 1. The van der Waals surface area contributed by atoms with E-state index in [1.54, 1.807) is 6.20 Å². The summed E-state index contributed by atoms with van der Waals surface area (Å²) < 4.78 is 5.77. The number of ether oxygens (including phenoxy) is 1. The van der Waals surface area contributed by atoms with Crippen LogP contribution in [-0.4, -0.2) is 48.9 Å². The molecule has 1 aromatic rings. The fraction of sp³-hybridized carbons (Fsp3) is 0.571. The first kappa shape index (κ1) is 20.8. The van der Waals surface area contributed by atoms with Crippen LogP contribution in [-0.2, 0) is 9.53 Å². The molecule has 1 fully saturated rings. The number of anilines is 1. The lowest BCUT2D eigenvalue weighted by molar-refractivity contribution is -0.128. The molecule has 2 aliphatic rings. The number of aromatic nitrogens is 1. The third kappa shape index (κ3) is 5.32. The lowest BCUT2D eigenvalue weighted by atomic mass is 9.94. The second-order valence-corrected chi connectivity index (χ2v) is 7.81. The van der Waals surface area contributed by atoms with Crippen molar-refractivity contribution in [2.45, 2.75) is 45.6 Å². The summed E-state index contributed by atoms with van der Waals surface area (Å²) in [5.74, 6) is 1.23. The maximum Gasteiger partial charge on any atom is 0.246 e. The van der Waals surface area contributed by atoms with E-state index in [9.17, 15) is 4.79 Å². The largest absolute Gasteiger partial charge is 0.368 e. The first-order chi connectivity index (χ1) is 13.6. The van der Waals surface area contributed by atoms with E-state index in [1.807, 2.05) is 13.1 Å². The SMILES string of the molecule is CCCNC(=O)COC1CCN(c2cc(C3=NC=CCC3C)c(Cl)cn2)CC1. The van der Waals surface area contributed by atoms with Gasteiger partial charge < -0.3 is 15.0 Å². The average molecular weight is 405 g/mol. The summed E-state index contributed by atoms with van der Waals surface area (Å²) in [4.78, 5) is 23.0. The molecule has 6 nitrogen and oxygen atoms in total. The molecule has 152 valence electrons. The molecule has 0 saturated carbocycles. The summed E-state index contributed by atoms with van der Waals surface area (Å²) in [5.41, 5.74) is 1.99. The van der Waals surface area contributed by atoms with Crippen LogP contribution in [0.4, 0.5) is 5.82 Å². The number of rotatable bonds is 7. The lowest BCUT2D eigenvalue weighted by Crippen LogP contribution is -2.39. The number of hydrogen-bond donors (Lipinski definition) is 1. The summed E-state index contributed by atoms with van der Waals surface area (Å²) in [5, 5.41) is 3.48. The van der Waals surface area contributed by atoms with Crippen LogP contribution in [0.15, 0.2) is 29.5 Å². The Bertz CT molecular complexity index is 742. The van der Waals surface area contributed by atoms with Crippen molar-refractivity contribution in [3.8, 4) is 0 Å². The van der Waals surface area contributed by atoms with Crippen LogP contribution in [0, 0.1) is 5.92 Å². The number of carbonyl (C=O) groups is 1. The van der Waals surface area contributed by atoms with Crippen molar-refractivity contribution in [3.63, 3.8) is 0 Å². The Kier molecular flexibility index (Phi) is 7.45. The van der Waals surface area contributed by atoms with Crippen molar-refractivity contribution in [3.05, 3.63) is 35.1 Å². The first-order valence-electron chi connectivity index (χ1n) is 10.1. The van der Waals surface area contributed by atoms with Crippen LogP contribution in [0.5, 0.6) is 0 Å². The predicted octanol–water partition coefficient (Wildman–Crippen LogP) is 3.59. The molecule has 3 heterocycles.